The fourth-order valence-corrected chi connectivity index (χ4v) is 2.58. The molecule has 0 unspecified atom stereocenters. The molecule has 2 aromatic carbocycles. The highest BCUT2D eigenvalue weighted by molar-refractivity contribution is 6.02. The second-order valence-corrected chi connectivity index (χ2v) is 5.26. The quantitative estimate of drug-likeness (QED) is 0.730. The Morgan fingerprint density at radius 1 is 1.17 bits per heavy atom. The molecule has 0 saturated heterocycles. The molecule has 1 heterocycles. The van der Waals surface area contributed by atoms with E-state index in [2.05, 4.69) is 0 Å². The van der Waals surface area contributed by atoms with Gasteiger partial charge in [-0.25, -0.2) is 0 Å². The Kier molecular flexibility index (Phi) is 4.44. The zero-order valence-electron chi connectivity index (χ0n) is 13.1. The summed E-state index contributed by atoms with van der Waals surface area (Å²) < 4.78 is 10.9. The number of fused-ring (bicyclic) bond motifs is 1. The van der Waals surface area contributed by atoms with E-state index in [1.807, 2.05) is 6.07 Å². The van der Waals surface area contributed by atoms with Crippen molar-refractivity contribution in [3.05, 3.63) is 64.5 Å². The predicted octanol–water partition coefficient (Wildman–Crippen LogP) is 3.03. The Morgan fingerprint density at radius 2 is 1.92 bits per heavy atom. The number of benzene rings is 2. The van der Waals surface area contributed by atoms with E-state index in [4.69, 9.17) is 14.3 Å². The minimum atomic E-state index is -0.411. The molecule has 0 spiro atoms. The lowest BCUT2D eigenvalue weighted by Gasteiger charge is -2.10. The molecule has 5 nitrogen and oxygen atoms in total. The molecule has 0 aliphatic carbocycles. The van der Waals surface area contributed by atoms with Crippen molar-refractivity contribution in [3.8, 4) is 16.9 Å². The number of carbonyl (C=O) groups excluding carboxylic acids is 1. The molecule has 3 aromatic rings. The topological polar surface area (TPSA) is 76.7 Å². The number of Topliss-reactive ketones (excluding diaryl/α,β-unsaturated/α-hetero) is 1. The van der Waals surface area contributed by atoms with Gasteiger partial charge in [-0.1, -0.05) is 30.3 Å². The second kappa shape index (κ2) is 6.68. The maximum Gasteiger partial charge on any atom is 0.201 e. The van der Waals surface area contributed by atoms with Crippen LogP contribution in [-0.2, 0) is 0 Å². The van der Waals surface area contributed by atoms with Gasteiger partial charge in [-0.05, 0) is 23.8 Å². The van der Waals surface area contributed by atoms with Gasteiger partial charge in [-0.15, -0.1) is 0 Å². The Bertz CT molecular complexity index is 941. The number of hydrogen-bond donors (Lipinski definition) is 1. The van der Waals surface area contributed by atoms with Crippen molar-refractivity contribution in [2.24, 2.45) is 0 Å². The molecule has 122 valence electrons. The number of carbonyl (C=O) groups is 1. The fourth-order valence-electron chi connectivity index (χ4n) is 2.58. The molecule has 0 bridgehead atoms. The third kappa shape index (κ3) is 2.81. The zero-order chi connectivity index (χ0) is 17.1. The standard InChI is InChI=1S/C19H16O5/c1-23-13-7-8-16-14(11-13)18(22)17(12-5-3-2-4-6-12)19(24-16)15(21)9-10-20/h2-8,11,20H,9-10H2,1H3. The number of ether oxygens (including phenoxy) is 1. The van der Waals surface area contributed by atoms with E-state index in [1.165, 1.54) is 7.11 Å². The van der Waals surface area contributed by atoms with Crippen LogP contribution in [0.25, 0.3) is 22.1 Å². The summed E-state index contributed by atoms with van der Waals surface area (Å²) in [5, 5.41) is 9.39. The first-order valence-electron chi connectivity index (χ1n) is 7.50. The van der Waals surface area contributed by atoms with E-state index in [9.17, 15) is 9.59 Å². The van der Waals surface area contributed by atoms with E-state index < -0.39 is 5.78 Å². The van der Waals surface area contributed by atoms with Crippen LogP contribution in [0.2, 0.25) is 0 Å². The maximum absolute atomic E-state index is 13.0. The molecular formula is C19H16O5. The van der Waals surface area contributed by atoms with E-state index in [0.29, 0.717) is 22.3 Å². The van der Waals surface area contributed by atoms with Crippen LogP contribution in [0.5, 0.6) is 5.75 Å². The summed E-state index contributed by atoms with van der Waals surface area (Å²) in [6.45, 7) is -0.308. The van der Waals surface area contributed by atoms with Gasteiger partial charge in [0.2, 0.25) is 11.2 Å². The van der Waals surface area contributed by atoms with Gasteiger partial charge in [0.05, 0.1) is 24.7 Å². The molecule has 0 radical (unpaired) electrons. The van der Waals surface area contributed by atoms with Gasteiger partial charge in [0.1, 0.15) is 11.3 Å². The molecular weight excluding hydrogens is 308 g/mol. The van der Waals surface area contributed by atoms with Crippen LogP contribution in [0.1, 0.15) is 17.0 Å². The molecule has 0 aliphatic heterocycles. The molecule has 1 aromatic heterocycles. The summed E-state index contributed by atoms with van der Waals surface area (Å²) in [6, 6.07) is 13.7. The van der Waals surface area contributed by atoms with E-state index in [-0.39, 0.29) is 29.8 Å². The lowest BCUT2D eigenvalue weighted by atomic mass is 9.99. The molecule has 0 amide bonds. The van der Waals surface area contributed by atoms with Crippen molar-refractivity contribution >= 4 is 16.8 Å². The van der Waals surface area contributed by atoms with Crippen LogP contribution in [0.3, 0.4) is 0 Å². The number of hydrogen-bond acceptors (Lipinski definition) is 5. The van der Waals surface area contributed by atoms with Crippen LogP contribution in [0.4, 0.5) is 0 Å². The highest BCUT2D eigenvalue weighted by atomic mass is 16.5. The van der Waals surface area contributed by atoms with Gasteiger partial charge in [-0.2, -0.15) is 0 Å². The Labute approximate surface area is 138 Å². The van der Waals surface area contributed by atoms with Gasteiger partial charge in [0.25, 0.3) is 0 Å². The number of methoxy groups -OCH3 is 1. The van der Waals surface area contributed by atoms with Crippen LogP contribution in [-0.4, -0.2) is 24.6 Å². The van der Waals surface area contributed by atoms with Gasteiger partial charge >= 0.3 is 0 Å². The van der Waals surface area contributed by atoms with E-state index in [0.717, 1.165) is 0 Å². The molecule has 0 atom stereocenters. The first-order valence-corrected chi connectivity index (χ1v) is 7.50. The monoisotopic (exact) mass is 324 g/mol. The summed E-state index contributed by atoms with van der Waals surface area (Å²) in [7, 11) is 1.51. The summed E-state index contributed by atoms with van der Waals surface area (Å²) in [5.41, 5.74) is 0.802. The molecule has 0 aliphatic rings. The molecule has 0 saturated carbocycles. The number of aliphatic hydroxyl groups excluding tert-OH is 1. The second-order valence-electron chi connectivity index (χ2n) is 5.26. The average Bonchev–Trinajstić information content (AvgIpc) is 2.62. The summed E-state index contributed by atoms with van der Waals surface area (Å²) in [4.78, 5) is 25.3. The summed E-state index contributed by atoms with van der Waals surface area (Å²) in [5.74, 6) is 0.0901. The number of rotatable bonds is 5. The zero-order valence-corrected chi connectivity index (χ0v) is 13.1. The molecule has 24 heavy (non-hydrogen) atoms. The Morgan fingerprint density at radius 3 is 2.58 bits per heavy atom. The number of aliphatic hydroxyl groups is 1. The van der Waals surface area contributed by atoms with Crippen molar-refractivity contribution in [1.82, 2.24) is 0 Å². The molecule has 0 fully saturated rings. The van der Waals surface area contributed by atoms with Crippen molar-refractivity contribution in [2.75, 3.05) is 13.7 Å². The first kappa shape index (κ1) is 16.0. The number of ketones is 1. The van der Waals surface area contributed by atoms with Crippen LogP contribution < -0.4 is 10.2 Å². The van der Waals surface area contributed by atoms with Gasteiger partial charge < -0.3 is 14.3 Å². The minimum absolute atomic E-state index is 0.0297. The third-order valence-corrected chi connectivity index (χ3v) is 3.75. The average molecular weight is 324 g/mol. The predicted molar refractivity (Wildman–Crippen MR) is 90.5 cm³/mol. The smallest absolute Gasteiger partial charge is 0.201 e. The van der Waals surface area contributed by atoms with Crippen molar-refractivity contribution in [1.29, 1.82) is 0 Å². The van der Waals surface area contributed by atoms with Crippen LogP contribution in [0, 0.1) is 0 Å². The Balaban J connectivity index is 2.36. The van der Waals surface area contributed by atoms with E-state index >= 15 is 0 Å². The summed E-state index contributed by atoms with van der Waals surface area (Å²) in [6.07, 6.45) is -0.107. The van der Waals surface area contributed by atoms with Crippen molar-refractivity contribution in [2.45, 2.75) is 6.42 Å². The Hall–Kier alpha value is -2.92. The highest BCUT2D eigenvalue weighted by Gasteiger charge is 2.21. The lowest BCUT2D eigenvalue weighted by Crippen LogP contribution is -2.14. The van der Waals surface area contributed by atoms with Gasteiger partial charge in [0.15, 0.2) is 5.76 Å². The van der Waals surface area contributed by atoms with Crippen LogP contribution >= 0.6 is 0 Å². The van der Waals surface area contributed by atoms with E-state index in [1.54, 1.807) is 42.5 Å². The lowest BCUT2D eigenvalue weighted by molar-refractivity contribution is 0.0931. The molecule has 5 heteroatoms. The van der Waals surface area contributed by atoms with Crippen molar-refractivity contribution in [3.63, 3.8) is 0 Å². The first-order chi connectivity index (χ1) is 11.7. The molecule has 1 N–H and O–H groups in total. The largest absolute Gasteiger partial charge is 0.497 e. The normalized spacial score (nSPS) is 10.8. The van der Waals surface area contributed by atoms with Gasteiger partial charge in [0, 0.05) is 6.42 Å². The fraction of sp³-hybridized carbons (Fsp3) is 0.158. The van der Waals surface area contributed by atoms with Crippen LogP contribution in [0.15, 0.2) is 57.7 Å². The highest BCUT2D eigenvalue weighted by Crippen LogP contribution is 2.27. The third-order valence-electron chi connectivity index (χ3n) is 3.75. The SMILES string of the molecule is COc1ccc2oc(C(=O)CCO)c(-c3ccccc3)c(=O)c2c1. The molecule has 3 rings (SSSR count). The minimum Gasteiger partial charge on any atom is -0.497 e. The van der Waals surface area contributed by atoms with Gasteiger partial charge in [-0.3, -0.25) is 9.59 Å². The van der Waals surface area contributed by atoms with Crippen molar-refractivity contribution < 1.29 is 19.1 Å². The maximum atomic E-state index is 13.0. The summed E-state index contributed by atoms with van der Waals surface area (Å²) >= 11 is 0.